The number of piperazine rings is 1. The summed E-state index contributed by atoms with van der Waals surface area (Å²) in [6, 6.07) is 3.81. The van der Waals surface area contributed by atoms with Crippen LogP contribution in [-0.2, 0) is 0 Å². The zero-order chi connectivity index (χ0) is 9.36. The van der Waals surface area contributed by atoms with Crippen LogP contribution in [0.5, 0.6) is 0 Å². The molecule has 4 heteroatoms. The van der Waals surface area contributed by atoms with Crippen LogP contribution in [0.4, 0.5) is 0 Å². The summed E-state index contributed by atoms with van der Waals surface area (Å²) in [7, 11) is 1.62. The van der Waals surface area contributed by atoms with Crippen molar-refractivity contribution in [2.45, 2.75) is 0 Å². The van der Waals surface area contributed by atoms with E-state index in [1.165, 1.54) is 0 Å². The molecule has 74 valence electrons. The van der Waals surface area contributed by atoms with Gasteiger partial charge in [-0.3, -0.25) is 0 Å². The highest BCUT2D eigenvalue weighted by atomic mass is 16.6. The SMILES string of the molecule is C1CNCCN1.COn1cccc1. The average Bonchev–Trinajstić information content (AvgIpc) is 2.74. The van der Waals surface area contributed by atoms with E-state index in [1.807, 2.05) is 24.5 Å². The third-order valence-electron chi connectivity index (χ3n) is 1.75. The maximum absolute atomic E-state index is 4.77. The third kappa shape index (κ3) is 4.55. The molecule has 0 bridgehead atoms. The van der Waals surface area contributed by atoms with Crippen LogP contribution >= 0.6 is 0 Å². The summed E-state index contributed by atoms with van der Waals surface area (Å²) in [5.41, 5.74) is 0. The van der Waals surface area contributed by atoms with Gasteiger partial charge in [0.15, 0.2) is 0 Å². The maximum Gasteiger partial charge on any atom is 0.104 e. The minimum Gasteiger partial charge on any atom is -0.418 e. The molecule has 1 aliphatic heterocycles. The Morgan fingerprint density at radius 3 is 1.69 bits per heavy atom. The first-order valence-corrected chi connectivity index (χ1v) is 4.52. The quantitative estimate of drug-likeness (QED) is 0.629. The molecule has 0 atom stereocenters. The highest BCUT2D eigenvalue weighted by molar-refractivity contribution is 4.87. The van der Waals surface area contributed by atoms with Crippen LogP contribution in [0, 0.1) is 0 Å². The Hall–Kier alpha value is -1.00. The van der Waals surface area contributed by atoms with E-state index in [0.717, 1.165) is 26.2 Å². The maximum atomic E-state index is 4.77. The van der Waals surface area contributed by atoms with Gasteiger partial charge in [-0.1, -0.05) is 0 Å². The number of nitrogens with zero attached hydrogens (tertiary/aromatic N) is 1. The van der Waals surface area contributed by atoms with Gasteiger partial charge in [0.25, 0.3) is 0 Å². The molecule has 4 nitrogen and oxygen atoms in total. The van der Waals surface area contributed by atoms with Crippen molar-refractivity contribution < 1.29 is 4.84 Å². The van der Waals surface area contributed by atoms with Crippen molar-refractivity contribution in [3.8, 4) is 0 Å². The van der Waals surface area contributed by atoms with Crippen LogP contribution in [0.3, 0.4) is 0 Å². The summed E-state index contributed by atoms with van der Waals surface area (Å²) >= 11 is 0. The molecule has 1 aromatic rings. The minimum absolute atomic E-state index is 1.14. The average molecular weight is 183 g/mol. The van der Waals surface area contributed by atoms with Crippen LogP contribution < -0.4 is 15.5 Å². The largest absolute Gasteiger partial charge is 0.418 e. The molecular formula is C9H17N3O. The predicted octanol–water partition coefficient (Wildman–Crippen LogP) is -0.274. The van der Waals surface area contributed by atoms with Crippen LogP contribution in [0.15, 0.2) is 24.5 Å². The minimum atomic E-state index is 1.14. The van der Waals surface area contributed by atoms with E-state index in [1.54, 1.807) is 11.8 Å². The van der Waals surface area contributed by atoms with Gasteiger partial charge in [0.2, 0.25) is 0 Å². The Balaban J connectivity index is 0.000000132. The lowest BCUT2D eigenvalue weighted by atomic mass is 10.4. The Morgan fingerprint density at radius 1 is 1.00 bits per heavy atom. The first-order valence-electron chi connectivity index (χ1n) is 4.52. The molecule has 0 amide bonds. The van der Waals surface area contributed by atoms with E-state index in [0.29, 0.717) is 0 Å². The molecule has 0 aliphatic carbocycles. The molecule has 0 radical (unpaired) electrons. The van der Waals surface area contributed by atoms with Crippen molar-refractivity contribution in [2.75, 3.05) is 33.3 Å². The lowest BCUT2D eigenvalue weighted by molar-refractivity contribution is 0.168. The van der Waals surface area contributed by atoms with E-state index in [2.05, 4.69) is 10.6 Å². The molecule has 1 saturated heterocycles. The number of hydrogen-bond donors (Lipinski definition) is 2. The Morgan fingerprint density at radius 2 is 1.46 bits per heavy atom. The summed E-state index contributed by atoms with van der Waals surface area (Å²) < 4.78 is 1.62. The van der Waals surface area contributed by atoms with E-state index < -0.39 is 0 Å². The number of aromatic nitrogens is 1. The molecule has 0 unspecified atom stereocenters. The molecule has 1 fully saturated rings. The summed E-state index contributed by atoms with van der Waals surface area (Å²) in [6.45, 7) is 4.56. The highest BCUT2D eigenvalue weighted by Gasteiger charge is 1.91. The monoisotopic (exact) mass is 183 g/mol. The van der Waals surface area contributed by atoms with Crippen molar-refractivity contribution in [1.82, 2.24) is 15.4 Å². The predicted molar refractivity (Wildman–Crippen MR) is 52.7 cm³/mol. The van der Waals surface area contributed by atoms with Gasteiger partial charge >= 0.3 is 0 Å². The van der Waals surface area contributed by atoms with Crippen molar-refractivity contribution in [1.29, 1.82) is 0 Å². The highest BCUT2D eigenvalue weighted by Crippen LogP contribution is 1.81. The van der Waals surface area contributed by atoms with Crippen LogP contribution in [0.25, 0.3) is 0 Å². The fourth-order valence-electron chi connectivity index (χ4n) is 1.04. The first-order chi connectivity index (χ1) is 6.43. The third-order valence-corrected chi connectivity index (χ3v) is 1.75. The van der Waals surface area contributed by atoms with Crippen LogP contribution in [-0.4, -0.2) is 38.0 Å². The standard InChI is InChI=1S/C5H7NO.C4H10N2/c1-7-6-4-2-3-5-6;1-2-6-4-3-5-1/h2-5H,1H3;5-6H,1-4H2. The van der Waals surface area contributed by atoms with Gasteiger partial charge < -0.3 is 15.5 Å². The lowest BCUT2D eigenvalue weighted by Gasteiger charge is -2.11. The molecule has 2 heterocycles. The van der Waals surface area contributed by atoms with Crippen molar-refractivity contribution in [2.24, 2.45) is 0 Å². The molecule has 2 N–H and O–H groups in total. The summed E-state index contributed by atoms with van der Waals surface area (Å²) in [5, 5.41) is 6.44. The summed E-state index contributed by atoms with van der Waals surface area (Å²) in [4.78, 5) is 4.77. The molecule has 0 saturated carbocycles. The normalized spacial score (nSPS) is 15.8. The fourth-order valence-corrected chi connectivity index (χ4v) is 1.04. The van der Waals surface area contributed by atoms with Crippen LogP contribution in [0.1, 0.15) is 0 Å². The topological polar surface area (TPSA) is 38.2 Å². The van der Waals surface area contributed by atoms with Gasteiger partial charge in [-0.15, -0.1) is 0 Å². The zero-order valence-electron chi connectivity index (χ0n) is 7.99. The fraction of sp³-hybridized carbons (Fsp3) is 0.556. The smallest absolute Gasteiger partial charge is 0.104 e. The second kappa shape index (κ2) is 6.51. The van der Waals surface area contributed by atoms with E-state index in [-0.39, 0.29) is 0 Å². The van der Waals surface area contributed by atoms with Gasteiger partial charge in [-0.05, 0) is 12.1 Å². The van der Waals surface area contributed by atoms with Crippen molar-refractivity contribution >= 4 is 0 Å². The Bertz CT molecular complexity index is 183. The van der Waals surface area contributed by atoms with Gasteiger partial charge in [-0.25, -0.2) is 0 Å². The Kier molecular flexibility index (Phi) is 5.05. The van der Waals surface area contributed by atoms with Crippen molar-refractivity contribution in [3.63, 3.8) is 0 Å². The van der Waals surface area contributed by atoms with Gasteiger partial charge in [0.1, 0.15) is 7.11 Å². The summed E-state index contributed by atoms with van der Waals surface area (Å²) in [5.74, 6) is 0. The Labute approximate surface area is 78.8 Å². The number of rotatable bonds is 1. The number of hydrogen-bond acceptors (Lipinski definition) is 3. The molecule has 1 aromatic heterocycles. The van der Waals surface area contributed by atoms with Gasteiger partial charge in [-0.2, -0.15) is 4.73 Å². The first kappa shape index (κ1) is 10.1. The molecule has 0 spiro atoms. The van der Waals surface area contributed by atoms with E-state index >= 15 is 0 Å². The lowest BCUT2D eigenvalue weighted by Crippen LogP contribution is -2.39. The summed E-state index contributed by atoms with van der Waals surface area (Å²) in [6.07, 6.45) is 3.67. The van der Waals surface area contributed by atoms with E-state index in [4.69, 9.17) is 4.84 Å². The van der Waals surface area contributed by atoms with E-state index in [9.17, 15) is 0 Å². The zero-order valence-corrected chi connectivity index (χ0v) is 7.99. The molecule has 0 aromatic carbocycles. The second-order valence-electron chi connectivity index (χ2n) is 2.73. The molecule has 1 aliphatic rings. The second-order valence-corrected chi connectivity index (χ2v) is 2.73. The van der Waals surface area contributed by atoms with Crippen molar-refractivity contribution in [3.05, 3.63) is 24.5 Å². The van der Waals surface area contributed by atoms with Gasteiger partial charge in [0.05, 0.1) is 0 Å². The number of nitrogens with one attached hydrogen (secondary N) is 2. The van der Waals surface area contributed by atoms with Gasteiger partial charge in [0, 0.05) is 38.6 Å². The molecule has 13 heavy (non-hydrogen) atoms. The molecular weight excluding hydrogens is 166 g/mol. The molecule has 2 rings (SSSR count). The van der Waals surface area contributed by atoms with Crippen LogP contribution in [0.2, 0.25) is 0 Å².